The van der Waals surface area contributed by atoms with E-state index in [1.807, 2.05) is 6.07 Å². The number of benzene rings is 1. The maximum Gasteiger partial charge on any atom is 0.228 e. The highest BCUT2D eigenvalue weighted by atomic mass is 32.1. The van der Waals surface area contributed by atoms with Gasteiger partial charge in [-0.1, -0.05) is 30.3 Å². The standard InChI is InChI=1S/C30H38N4O2S/c35-28(30-17-22-14-23(18-30)16-24(15-22)19-30)33(9-8-32-10-12-36-13-11-32)7-6-26-21-37-29-31-27(20-34(26)29)25-4-2-1-3-5-25/h1-5,20-24H,6-19H2. The highest BCUT2D eigenvalue weighted by Gasteiger charge is 2.55. The number of carbonyl (C=O) groups excluding carboxylic acids is 1. The number of ether oxygens (including phenoxy) is 1. The predicted octanol–water partition coefficient (Wildman–Crippen LogP) is 4.98. The van der Waals surface area contributed by atoms with E-state index in [1.165, 1.54) is 25.0 Å². The van der Waals surface area contributed by atoms with Crippen LogP contribution in [0.3, 0.4) is 0 Å². The van der Waals surface area contributed by atoms with Crippen LogP contribution in [0.5, 0.6) is 0 Å². The van der Waals surface area contributed by atoms with Crippen molar-refractivity contribution in [1.29, 1.82) is 0 Å². The number of rotatable bonds is 8. The quantitative estimate of drug-likeness (QED) is 0.422. The van der Waals surface area contributed by atoms with Gasteiger partial charge in [0, 0.05) is 62.0 Å². The lowest BCUT2D eigenvalue weighted by atomic mass is 9.49. The number of morpholine rings is 1. The molecule has 4 saturated carbocycles. The first-order valence-corrected chi connectivity index (χ1v) is 15.1. The molecule has 3 heterocycles. The number of imidazole rings is 1. The maximum atomic E-state index is 14.3. The van der Waals surface area contributed by atoms with Gasteiger partial charge in [-0.25, -0.2) is 4.98 Å². The zero-order chi connectivity index (χ0) is 24.8. The molecule has 6 nitrogen and oxygen atoms in total. The molecule has 4 bridgehead atoms. The Balaban J connectivity index is 1.10. The van der Waals surface area contributed by atoms with Crippen LogP contribution in [0.25, 0.3) is 16.2 Å². The van der Waals surface area contributed by atoms with Crippen LogP contribution in [0, 0.1) is 23.2 Å². The van der Waals surface area contributed by atoms with Gasteiger partial charge in [0.2, 0.25) is 5.91 Å². The molecule has 7 heteroatoms. The number of fused-ring (bicyclic) bond motifs is 1. The van der Waals surface area contributed by atoms with Crippen molar-refractivity contribution >= 4 is 22.2 Å². The maximum absolute atomic E-state index is 14.3. The van der Waals surface area contributed by atoms with Crippen LogP contribution >= 0.6 is 11.3 Å². The summed E-state index contributed by atoms with van der Waals surface area (Å²) in [5.41, 5.74) is 3.33. The summed E-state index contributed by atoms with van der Waals surface area (Å²) in [5, 5.41) is 2.23. The van der Waals surface area contributed by atoms with Crippen LogP contribution in [-0.2, 0) is 16.0 Å². The molecule has 5 fully saturated rings. The highest BCUT2D eigenvalue weighted by Crippen LogP contribution is 2.60. The van der Waals surface area contributed by atoms with Gasteiger partial charge < -0.3 is 9.64 Å². The summed E-state index contributed by atoms with van der Waals surface area (Å²) < 4.78 is 7.80. The van der Waals surface area contributed by atoms with E-state index in [1.54, 1.807) is 11.3 Å². The topological polar surface area (TPSA) is 50.1 Å². The molecule has 0 atom stereocenters. The summed E-state index contributed by atoms with van der Waals surface area (Å²) in [6, 6.07) is 10.4. The van der Waals surface area contributed by atoms with Crippen molar-refractivity contribution in [2.75, 3.05) is 45.9 Å². The van der Waals surface area contributed by atoms with Gasteiger partial charge in [0.05, 0.1) is 24.3 Å². The molecule has 1 amide bonds. The van der Waals surface area contributed by atoms with Gasteiger partial charge in [0.15, 0.2) is 4.96 Å². The van der Waals surface area contributed by atoms with E-state index in [2.05, 4.69) is 50.0 Å². The molecular formula is C30H38N4O2S. The minimum absolute atomic E-state index is 0.0841. The van der Waals surface area contributed by atoms with Crippen molar-refractivity contribution < 1.29 is 9.53 Å². The summed E-state index contributed by atoms with van der Waals surface area (Å²) in [5.74, 6) is 2.82. The lowest BCUT2D eigenvalue weighted by molar-refractivity contribution is -0.158. The second kappa shape index (κ2) is 9.83. The fourth-order valence-electron chi connectivity index (χ4n) is 8.12. The van der Waals surface area contributed by atoms with E-state index in [0.717, 1.165) is 106 Å². The van der Waals surface area contributed by atoms with E-state index < -0.39 is 0 Å². The molecular weight excluding hydrogens is 480 g/mol. The number of carbonyl (C=O) groups is 1. The molecule has 5 aliphatic rings. The van der Waals surface area contributed by atoms with E-state index in [9.17, 15) is 4.79 Å². The third-order valence-corrected chi connectivity index (χ3v) is 10.4. The summed E-state index contributed by atoms with van der Waals surface area (Å²) in [6.07, 6.45) is 10.6. The molecule has 0 unspecified atom stereocenters. The lowest BCUT2D eigenvalue weighted by Crippen LogP contribution is -2.56. The molecule has 0 N–H and O–H groups in total. The van der Waals surface area contributed by atoms with Crippen molar-refractivity contribution in [2.24, 2.45) is 23.2 Å². The van der Waals surface area contributed by atoms with Gasteiger partial charge in [-0.2, -0.15) is 0 Å². The summed E-state index contributed by atoms with van der Waals surface area (Å²) >= 11 is 1.70. The molecule has 1 saturated heterocycles. The number of aromatic nitrogens is 2. The Morgan fingerprint density at radius 3 is 2.43 bits per heavy atom. The fraction of sp³-hybridized carbons (Fsp3) is 0.600. The van der Waals surface area contributed by atoms with E-state index >= 15 is 0 Å². The molecule has 0 radical (unpaired) electrons. The van der Waals surface area contributed by atoms with E-state index in [0.29, 0.717) is 5.91 Å². The predicted molar refractivity (Wildman–Crippen MR) is 147 cm³/mol. The number of nitrogens with zero attached hydrogens (tertiary/aromatic N) is 4. The minimum atomic E-state index is -0.0841. The van der Waals surface area contributed by atoms with Gasteiger partial charge in [-0.15, -0.1) is 11.3 Å². The first-order valence-electron chi connectivity index (χ1n) is 14.3. The highest BCUT2D eigenvalue weighted by molar-refractivity contribution is 7.15. The van der Waals surface area contributed by atoms with Crippen molar-refractivity contribution in [2.45, 2.75) is 44.9 Å². The number of hydrogen-bond donors (Lipinski definition) is 0. The Morgan fingerprint density at radius 2 is 1.73 bits per heavy atom. The van der Waals surface area contributed by atoms with Crippen LogP contribution < -0.4 is 0 Å². The minimum Gasteiger partial charge on any atom is -0.379 e. The molecule has 1 aliphatic heterocycles. The first-order chi connectivity index (χ1) is 18.1. The zero-order valence-corrected chi connectivity index (χ0v) is 22.5. The molecule has 37 heavy (non-hydrogen) atoms. The number of thiazole rings is 1. The van der Waals surface area contributed by atoms with Gasteiger partial charge in [-0.3, -0.25) is 14.1 Å². The summed E-state index contributed by atoms with van der Waals surface area (Å²) in [6.45, 7) is 6.12. The smallest absolute Gasteiger partial charge is 0.228 e. The normalized spacial score (nSPS) is 29.2. The Hall–Kier alpha value is -2.22. The average molecular weight is 519 g/mol. The van der Waals surface area contributed by atoms with Crippen molar-refractivity contribution in [1.82, 2.24) is 19.2 Å². The summed E-state index contributed by atoms with van der Waals surface area (Å²) in [7, 11) is 0. The Bertz CT molecular complexity index is 1210. The molecule has 3 aromatic rings. The SMILES string of the molecule is O=C(N(CCc1csc2nc(-c3ccccc3)cn12)CCN1CCOCC1)C12CC3CC(CC(C3)C1)C2. The second-order valence-electron chi connectivity index (χ2n) is 12.1. The van der Waals surface area contributed by atoms with Gasteiger partial charge >= 0.3 is 0 Å². The molecule has 1 aromatic carbocycles. The van der Waals surface area contributed by atoms with Crippen LogP contribution in [0.1, 0.15) is 44.2 Å². The Labute approximate surface area is 223 Å². The number of hydrogen-bond acceptors (Lipinski definition) is 5. The molecule has 196 valence electrons. The number of amides is 1. The van der Waals surface area contributed by atoms with Crippen LogP contribution in [0.15, 0.2) is 41.9 Å². The fourth-order valence-corrected chi connectivity index (χ4v) is 9.02. The molecule has 0 spiro atoms. The van der Waals surface area contributed by atoms with Crippen molar-refractivity contribution in [3.05, 3.63) is 47.6 Å². The summed E-state index contributed by atoms with van der Waals surface area (Å²) in [4.78, 5) is 25.0. The van der Waals surface area contributed by atoms with Gasteiger partial charge in [0.25, 0.3) is 0 Å². The third kappa shape index (κ3) is 4.64. The van der Waals surface area contributed by atoms with Crippen LogP contribution in [0.4, 0.5) is 0 Å². The third-order valence-electron chi connectivity index (χ3n) is 9.56. The molecule has 8 rings (SSSR count). The van der Waals surface area contributed by atoms with Crippen molar-refractivity contribution in [3.8, 4) is 11.3 Å². The van der Waals surface area contributed by atoms with E-state index in [-0.39, 0.29) is 5.41 Å². The Kier molecular flexibility index (Phi) is 6.34. The van der Waals surface area contributed by atoms with Gasteiger partial charge in [0.1, 0.15) is 0 Å². The van der Waals surface area contributed by atoms with Crippen LogP contribution in [0.2, 0.25) is 0 Å². The van der Waals surface area contributed by atoms with E-state index in [4.69, 9.17) is 9.72 Å². The Morgan fingerprint density at radius 1 is 1.03 bits per heavy atom. The largest absolute Gasteiger partial charge is 0.379 e. The molecule has 2 aromatic heterocycles. The zero-order valence-electron chi connectivity index (χ0n) is 21.7. The van der Waals surface area contributed by atoms with Gasteiger partial charge in [-0.05, 0) is 56.3 Å². The van der Waals surface area contributed by atoms with Crippen LogP contribution in [-0.4, -0.2) is 71.0 Å². The second-order valence-corrected chi connectivity index (χ2v) is 12.9. The van der Waals surface area contributed by atoms with Crippen molar-refractivity contribution in [3.63, 3.8) is 0 Å². The average Bonchev–Trinajstić information content (AvgIpc) is 3.50. The molecule has 4 aliphatic carbocycles. The lowest BCUT2D eigenvalue weighted by Gasteiger charge is -2.56. The first kappa shape index (κ1) is 23.9. The monoisotopic (exact) mass is 518 g/mol.